The van der Waals surface area contributed by atoms with E-state index in [1.807, 2.05) is 36.7 Å². The zero-order valence-corrected chi connectivity index (χ0v) is 13.2. The summed E-state index contributed by atoms with van der Waals surface area (Å²) in [5.41, 5.74) is 0. The van der Waals surface area contributed by atoms with Gasteiger partial charge >= 0.3 is 5.97 Å². The van der Waals surface area contributed by atoms with Gasteiger partial charge in [0.25, 0.3) is 0 Å². The molecule has 0 aliphatic rings. The first-order valence-electron chi connectivity index (χ1n) is 6.63. The van der Waals surface area contributed by atoms with Crippen molar-refractivity contribution in [2.45, 2.75) is 32.4 Å². The monoisotopic (exact) mass is 309 g/mol. The van der Waals surface area contributed by atoms with Crippen molar-refractivity contribution >= 4 is 28.6 Å². The van der Waals surface area contributed by atoms with E-state index in [0.29, 0.717) is 12.3 Å². The molecule has 0 bridgehead atoms. The summed E-state index contributed by atoms with van der Waals surface area (Å²) >= 11 is 3.31. The predicted octanol–water partition coefficient (Wildman–Crippen LogP) is 3.99. The predicted molar refractivity (Wildman–Crippen MR) is 84.5 cm³/mol. The molecule has 0 aliphatic carbocycles. The molecule has 0 fully saturated rings. The van der Waals surface area contributed by atoms with Gasteiger partial charge in [0.2, 0.25) is 0 Å². The van der Waals surface area contributed by atoms with Gasteiger partial charge in [-0.25, -0.2) is 0 Å². The molecule has 0 spiro atoms. The van der Waals surface area contributed by atoms with Gasteiger partial charge in [-0.2, -0.15) is 0 Å². The third-order valence-electron chi connectivity index (χ3n) is 3.03. The van der Waals surface area contributed by atoms with Crippen LogP contribution in [0.25, 0.3) is 0 Å². The van der Waals surface area contributed by atoms with E-state index in [9.17, 15) is 9.90 Å². The average molecular weight is 309 g/mol. The largest absolute Gasteiger partial charge is 0.480 e. The van der Waals surface area contributed by atoms with E-state index in [4.69, 9.17) is 0 Å². The third-order valence-corrected chi connectivity index (χ3v) is 4.90. The highest BCUT2D eigenvalue weighted by molar-refractivity contribution is 7.11. The zero-order valence-electron chi connectivity index (χ0n) is 11.6. The van der Waals surface area contributed by atoms with Gasteiger partial charge in [0, 0.05) is 9.75 Å². The van der Waals surface area contributed by atoms with E-state index >= 15 is 0 Å². The Morgan fingerprint density at radius 3 is 2.10 bits per heavy atom. The lowest BCUT2D eigenvalue weighted by Crippen LogP contribution is -2.40. The number of rotatable bonds is 7. The highest BCUT2D eigenvalue weighted by atomic mass is 32.1. The fourth-order valence-corrected chi connectivity index (χ4v) is 3.81. The lowest BCUT2D eigenvalue weighted by atomic mass is 10.0. The lowest BCUT2D eigenvalue weighted by molar-refractivity contribution is -0.140. The molecule has 20 heavy (non-hydrogen) atoms. The second-order valence-corrected chi connectivity index (χ2v) is 7.11. The van der Waals surface area contributed by atoms with Gasteiger partial charge in [-0.05, 0) is 35.2 Å². The van der Waals surface area contributed by atoms with Crippen LogP contribution in [0, 0.1) is 5.92 Å². The Hall–Kier alpha value is -1.17. The molecule has 3 nitrogen and oxygen atoms in total. The number of hydrogen-bond acceptors (Lipinski definition) is 4. The fraction of sp³-hybridized carbons (Fsp3) is 0.400. The zero-order chi connectivity index (χ0) is 14.5. The minimum atomic E-state index is -0.781. The van der Waals surface area contributed by atoms with Gasteiger partial charge < -0.3 is 5.11 Å². The first-order chi connectivity index (χ1) is 9.58. The van der Waals surface area contributed by atoms with Crippen LogP contribution in [0.4, 0.5) is 0 Å². The molecule has 2 aromatic rings. The number of aliphatic carboxylic acids is 1. The summed E-state index contributed by atoms with van der Waals surface area (Å²) in [7, 11) is 0. The molecule has 0 aliphatic heterocycles. The van der Waals surface area contributed by atoms with Crippen molar-refractivity contribution in [3.8, 4) is 0 Å². The summed E-state index contributed by atoms with van der Waals surface area (Å²) in [6.45, 7) is 4.09. The fourth-order valence-electron chi connectivity index (χ4n) is 2.13. The van der Waals surface area contributed by atoms with Crippen LogP contribution in [-0.2, 0) is 4.79 Å². The van der Waals surface area contributed by atoms with Crippen LogP contribution in [0.1, 0.15) is 36.1 Å². The highest BCUT2D eigenvalue weighted by Crippen LogP contribution is 2.30. The number of thiophene rings is 2. The molecular formula is C15H19NO2S2. The Kier molecular flexibility index (Phi) is 5.34. The number of carbonyl (C=O) groups is 1. The molecule has 1 unspecified atom stereocenters. The molecule has 5 heteroatoms. The first-order valence-corrected chi connectivity index (χ1v) is 8.39. The van der Waals surface area contributed by atoms with Gasteiger partial charge in [0.15, 0.2) is 0 Å². The molecular weight excluding hydrogens is 290 g/mol. The van der Waals surface area contributed by atoms with Crippen molar-refractivity contribution < 1.29 is 9.90 Å². The Morgan fingerprint density at radius 1 is 1.20 bits per heavy atom. The summed E-state index contributed by atoms with van der Waals surface area (Å²) < 4.78 is 0. The molecule has 0 amide bonds. The molecule has 0 aromatic carbocycles. The van der Waals surface area contributed by atoms with Gasteiger partial charge in [-0.1, -0.05) is 26.0 Å². The van der Waals surface area contributed by atoms with Crippen LogP contribution in [0.5, 0.6) is 0 Å². The third kappa shape index (κ3) is 3.91. The Labute approximate surface area is 127 Å². The second-order valence-electron chi connectivity index (χ2n) is 5.15. The van der Waals surface area contributed by atoms with Crippen molar-refractivity contribution in [2.24, 2.45) is 5.92 Å². The van der Waals surface area contributed by atoms with Gasteiger partial charge in [0.05, 0.1) is 6.04 Å². The standard InChI is InChI=1S/C15H19NO2S2/c1-10(2)9-11(15(17)18)16-14(12-5-3-7-19-12)13-6-4-8-20-13/h3-8,10-11,14,16H,9H2,1-2H3,(H,17,18). The van der Waals surface area contributed by atoms with Crippen LogP contribution in [-0.4, -0.2) is 17.1 Å². The summed E-state index contributed by atoms with van der Waals surface area (Å²) in [5, 5.41) is 16.8. The van der Waals surface area contributed by atoms with Gasteiger partial charge in [-0.15, -0.1) is 22.7 Å². The second kappa shape index (κ2) is 7.02. The van der Waals surface area contributed by atoms with Crippen LogP contribution >= 0.6 is 22.7 Å². The highest BCUT2D eigenvalue weighted by Gasteiger charge is 2.25. The first kappa shape index (κ1) is 15.2. The number of hydrogen-bond donors (Lipinski definition) is 2. The number of carboxylic acids is 1. The van der Waals surface area contributed by atoms with Gasteiger partial charge in [0.1, 0.15) is 6.04 Å². The topological polar surface area (TPSA) is 49.3 Å². The summed E-state index contributed by atoms with van der Waals surface area (Å²) in [6.07, 6.45) is 0.628. The SMILES string of the molecule is CC(C)CC(NC(c1cccs1)c1cccs1)C(=O)O. The molecule has 1 atom stereocenters. The minimum Gasteiger partial charge on any atom is -0.480 e. The smallest absolute Gasteiger partial charge is 0.320 e. The van der Waals surface area contributed by atoms with Crippen molar-refractivity contribution in [1.82, 2.24) is 5.32 Å². The minimum absolute atomic E-state index is 0.0325. The molecule has 108 valence electrons. The quantitative estimate of drug-likeness (QED) is 0.813. The molecule has 2 heterocycles. The number of carboxylic acid groups (broad SMARTS) is 1. The maximum absolute atomic E-state index is 11.5. The van der Waals surface area contributed by atoms with E-state index in [2.05, 4.69) is 17.4 Å². The maximum Gasteiger partial charge on any atom is 0.320 e. The van der Waals surface area contributed by atoms with Crippen molar-refractivity contribution in [3.63, 3.8) is 0 Å². The van der Waals surface area contributed by atoms with Crippen LogP contribution in [0.15, 0.2) is 35.0 Å². The Bertz CT molecular complexity index is 486. The van der Waals surface area contributed by atoms with Crippen molar-refractivity contribution in [3.05, 3.63) is 44.8 Å². The lowest BCUT2D eigenvalue weighted by Gasteiger charge is -2.23. The van der Waals surface area contributed by atoms with Crippen molar-refractivity contribution in [2.75, 3.05) is 0 Å². The number of nitrogens with one attached hydrogen (secondary N) is 1. The average Bonchev–Trinajstić information content (AvgIpc) is 3.06. The maximum atomic E-state index is 11.5. The van der Waals surface area contributed by atoms with E-state index in [-0.39, 0.29) is 6.04 Å². The van der Waals surface area contributed by atoms with E-state index in [1.54, 1.807) is 22.7 Å². The Morgan fingerprint density at radius 2 is 1.75 bits per heavy atom. The summed E-state index contributed by atoms with van der Waals surface area (Å²) in [6, 6.07) is 7.55. The van der Waals surface area contributed by atoms with Crippen LogP contribution in [0.3, 0.4) is 0 Å². The van der Waals surface area contributed by atoms with Crippen LogP contribution < -0.4 is 5.32 Å². The Balaban J connectivity index is 2.21. The summed E-state index contributed by atoms with van der Waals surface area (Å²) in [4.78, 5) is 13.8. The normalized spacial score (nSPS) is 13.0. The van der Waals surface area contributed by atoms with E-state index < -0.39 is 12.0 Å². The molecule has 0 saturated heterocycles. The molecule has 0 radical (unpaired) electrons. The van der Waals surface area contributed by atoms with Gasteiger partial charge in [-0.3, -0.25) is 10.1 Å². The summed E-state index contributed by atoms with van der Waals surface area (Å²) in [5.74, 6) is -0.437. The van der Waals surface area contributed by atoms with Crippen LogP contribution in [0.2, 0.25) is 0 Å². The molecule has 0 saturated carbocycles. The van der Waals surface area contributed by atoms with E-state index in [0.717, 1.165) is 9.75 Å². The van der Waals surface area contributed by atoms with E-state index in [1.165, 1.54) is 0 Å². The molecule has 2 aromatic heterocycles. The molecule has 2 N–H and O–H groups in total. The van der Waals surface area contributed by atoms with Crippen molar-refractivity contribution in [1.29, 1.82) is 0 Å². The molecule has 2 rings (SSSR count).